The number of hydrogen-bond acceptors (Lipinski definition) is 3. The van der Waals surface area contributed by atoms with Gasteiger partial charge >= 0.3 is 0 Å². The Hall–Kier alpha value is -2.63. The predicted octanol–water partition coefficient (Wildman–Crippen LogP) is 2.79. The summed E-state index contributed by atoms with van der Waals surface area (Å²) >= 11 is 0. The molecular weight excluding hydrogens is 314 g/mol. The third-order valence-electron chi connectivity index (χ3n) is 4.90. The highest BCUT2D eigenvalue weighted by Crippen LogP contribution is 2.19. The van der Waals surface area contributed by atoms with Crippen LogP contribution in [0, 0.1) is 0 Å². The van der Waals surface area contributed by atoms with Gasteiger partial charge in [0.05, 0.1) is 6.54 Å². The summed E-state index contributed by atoms with van der Waals surface area (Å²) in [7, 11) is 0. The van der Waals surface area contributed by atoms with E-state index in [0.29, 0.717) is 25.4 Å². The minimum atomic E-state index is 0.179. The molecule has 0 unspecified atom stereocenters. The van der Waals surface area contributed by atoms with Crippen molar-refractivity contribution < 1.29 is 4.79 Å². The molecule has 1 aliphatic heterocycles. The number of rotatable bonds is 4. The Morgan fingerprint density at radius 3 is 2.84 bits per heavy atom. The highest BCUT2D eigenvalue weighted by molar-refractivity contribution is 5.80. The first-order valence-corrected chi connectivity index (χ1v) is 8.87. The number of amides is 1. The van der Waals surface area contributed by atoms with Gasteiger partial charge in [-0.25, -0.2) is 0 Å². The zero-order chi connectivity index (χ0) is 17.4. The number of carbonyl (C=O) groups excluding carboxylic acids is 1. The van der Waals surface area contributed by atoms with Crippen LogP contribution in [-0.2, 0) is 24.4 Å². The summed E-state index contributed by atoms with van der Waals surface area (Å²) in [5.74, 6) is 2.44. The van der Waals surface area contributed by atoms with Gasteiger partial charge in [-0.1, -0.05) is 32.0 Å². The topological polar surface area (TPSA) is 56.0 Å². The van der Waals surface area contributed by atoms with Crippen molar-refractivity contribution in [3.63, 3.8) is 0 Å². The van der Waals surface area contributed by atoms with Gasteiger partial charge in [-0.15, -0.1) is 10.2 Å². The predicted molar refractivity (Wildman–Crippen MR) is 96.1 cm³/mol. The molecule has 4 rings (SSSR count). The molecule has 0 radical (unpaired) electrons. The second kappa shape index (κ2) is 6.35. The number of aromatic nitrogens is 4. The summed E-state index contributed by atoms with van der Waals surface area (Å²) in [6.45, 7) is 7.02. The molecule has 2 aromatic heterocycles. The summed E-state index contributed by atoms with van der Waals surface area (Å²) in [5, 5.41) is 9.77. The van der Waals surface area contributed by atoms with Gasteiger partial charge in [-0.3, -0.25) is 4.79 Å². The zero-order valence-electron chi connectivity index (χ0n) is 14.7. The number of benzene rings is 1. The standard InChI is InChI=1S/C19H23N5O/c1-14(2)19-21-20-17-13-23(11-12-24(17)19)18(25)8-10-22-9-7-15-5-3-4-6-16(15)22/h3-7,9,14H,8,10-13H2,1-2H3. The quantitative estimate of drug-likeness (QED) is 0.735. The van der Waals surface area contributed by atoms with Crippen molar-refractivity contribution in [1.82, 2.24) is 24.2 Å². The van der Waals surface area contributed by atoms with Crippen LogP contribution in [0.25, 0.3) is 10.9 Å². The normalized spacial score (nSPS) is 14.3. The van der Waals surface area contributed by atoms with Crippen LogP contribution in [0.4, 0.5) is 0 Å². The third-order valence-corrected chi connectivity index (χ3v) is 4.90. The van der Waals surface area contributed by atoms with E-state index in [4.69, 9.17) is 0 Å². The number of nitrogens with zero attached hydrogens (tertiary/aromatic N) is 5. The van der Waals surface area contributed by atoms with Gasteiger partial charge in [0.15, 0.2) is 5.82 Å². The fourth-order valence-electron chi connectivity index (χ4n) is 3.53. The average Bonchev–Trinajstić information content (AvgIpc) is 3.23. The van der Waals surface area contributed by atoms with E-state index in [9.17, 15) is 4.79 Å². The lowest BCUT2D eigenvalue weighted by atomic mass is 10.2. The maximum absolute atomic E-state index is 12.6. The van der Waals surface area contributed by atoms with Crippen LogP contribution in [0.5, 0.6) is 0 Å². The first kappa shape index (κ1) is 15.9. The van der Waals surface area contributed by atoms with Crippen molar-refractivity contribution in [3.05, 3.63) is 48.2 Å². The summed E-state index contributed by atoms with van der Waals surface area (Å²) in [6.07, 6.45) is 2.56. The molecule has 3 aromatic rings. The van der Waals surface area contributed by atoms with Crippen LogP contribution in [0.3, 0.4) is 0 Å². The Kier molecular flexibility index (Phi) is 4.03. The first-order valence-electron chi connectivity index (χ1n) is 8.87. The van der Waals surface area contributed by atoms with Gasteiger partial charge in [-0.2, -0.15) is 0 Å². The lowest BCUT2D eigenvalue weighted by molar-refractivity contribution is -0.132. The molecule has 1 amide bonds. The maximum Gasteiger partial charge on any atom is 0.224 e. The maximum atomic E-state index is 12.6. The molecular formula is C19H23N5O. The molecule has 130 valence electrons. The van der Waals surface area contributed by atoms with Gasteiger partial charge in [0.25, 0.3) is 0 Å². The van der Waals surface area contributed by atoms with Gasteiger partial charge in [0, 0.05) is 43.7 Å². The molecule has 0 spiro atoms. The molecule has 0 N–H and O–H groups in total. The lowest BCUT2D eigenvalue weighted by Crippen LogP contribution is -2.39. The van der Waals surface area contributed by atoms with Gasteiger partial charge in [0.1, 0.15) is 5.82 Å². The van der Waals surface area contributed by atoms with Crippen molar-refractivity contribution in [2.45, 2.75) is 45.8 Å². The Morgan fingerprint density at radius 1 is 1.16 bits per heavy atom. The van der Waals surface area contributed by atoms with Crippen molar-refractivity contribution in [2.24, 2.45) is 0 Å². The zero-order valence-corrected chi connectivity index (χ0v) is 14.7. The highest BCUT2D eigenvalue weighted by Gasteiger charge is 2.25. The molecule has 6 heteroatoms. The fourth-order valence-corrected chi connectivity index (χ4v) is 3.53. The number of carbonyl (C=O) groups is 1. The Balaban J connectivity index is 1.42. The molecule has 1 aromatic carbocycles. The van der Waals surface area contributed by atoms with Crippen molar-refractivity contribution in [1.29, 1.82) is 0 Å². The van der Waals surface area contributed by atoms with E-state index in [-0.39, 0.29) is 5.91 Å². The van der Waals surface area contributed by atoms with E-state index >= 15 is 0 Å². The SMILES string of the molecule is CC(C)c1nnc2n1CCN(C(=O)CCn1ccc3ccccc31)C2. The molecule has 25 heavy (non-hydrogen) atoms. The Labute approximate surface area is 147 Å². The van der Waals surface area contributed by atoms with Crippen LogP contribution in [-0.4, -0.2) is 36.7 Å². The van der Waals surface area contributed by atoms with Crippen LogP contribution >= 0.6 is 0 Å². The van der Waals surface area contributed by atoms with Gasteiger partial charge < -0.3 is 14.0 Å². The summed E-state index contributed by atoms with van der Waals surface area (Å²) in [6, 6.07) is 10.3. The second-order valence-electron chi connectivity index (χ2n) is 6.91. The minimum absolute atomic E-state index is 0.179. The van der Waals surface area contributed by atoms with E-state index < -0.39 is 0 Å². The lowest BCUT2D eigenvalue weighted by Gasteiger charge is -2.28. The molecule has 6 nitrogen and oxygen atoms in total. The molecule has 0 saturated carbocycles. The van der Waals surface area contributed by atoms with E-state index in [2.05, 4.69) is 57.6 Å². The first-order chi connectivity index (χ1) is 12.1. The Bertz CT molecular complexity index is 908. The van der Waals surface area contributed by atoms with E-state index in [1.54, 1.807) is 0 Å². The van der Waals surface area contributed by atoms with Crippen molar-refractivity contribution in [2.75, 3.05) is 6.54 Å². The van der Waals surface area contributed by atoms with Crippen LogP contribution in [0.2, 0.25) is 0 Å². The molecule has 1 aliphatic rings. The molecule has 0 saturated heterocycles. The number of para-hydroxylation sites is 1. The molecule has 3 heterocycles. The van der Waals surface area contributed by atoms with E-state index in [1.807, 2.05) is 17.0 Å². The molecule has 0 atom stereocenters. The van der Waals surface area contributed by atoms with Crippen LogP contribution in [0.1, 0.15) is 37.8 Å². The molecule has 0 bridgehead atoms. The smallest absolute Gasteiger partial charge is 0.224 e. The monoisotopic (exact) mass is 337 g/mol. The highest BCUT2D eigenvalue weighted by atomic mass is 16.2. The summed E-state index contributed by atoms with van der Waals surface area (Å²) in [4.78, 5) is 14.5. The van der Waals surface area contributed by atoms with E-state index in [1.165, 1.54) is 10.9 Å². The van der Waals surface area contributed by atoms with Crippen molar-refractivity contribution in [3.8, 4) is 0 Å². The number of aryl methyl sites for hydroxylation is 1. The summed E-state index contributed by atoms with van der Waals surface area (Å²) in [5.41, 5.74) is 1.18. The fraction of sp³-hybridized carbons (Fsp3) is 0.421. The number of fused-ring (bicyclic) bond motifs is 2. The molecule has 0 aliphatic carbocycles. The van der Waals surface area contributed by atoms with Crippen molar-refractivity contribution >= 4 is 16.8 Å². The summed E-state index contributed by atoms with van der Waals surface area (Å²) < 4.78 is 4.31. The van der Waals surface area contributed by atoms with Crippen LogP contribution < -0.4 is 0 Å². The average molecular weight is 337 g/mol. The van der Waals surface area contributed by atoms with Gasteiger partial charge in [0.2, 0.25) is 5.91 Å². The minimum Gasteiger partial charge on any atom is -0.347 e. The van der Waals surface area contributed by atoms with Gasteiger partial charge in [-0.05, 0) is 17.5 Å². The third kappa shape index (κ3) is 2.92. The number of hydrogen-bond donors (Lipinski definition) is 0. The largest absolute Gasteiger partial charge is 0.347 e. The Morgan fingerprint density at radius 2 is 2.00 bits per heavy atom. The van der Waals surface area contributed by atoms with E-state index in [0.717, 1.165) is 24.7 Å². The van der Waals surface area contributed by atoms with Crippen LogP contribution in [0.15, 0.2) is 36.5 Å². The molecule has 0 fully saturated rings. The second-order valence-corrected chi connectivity index (χ2v) is 6.91.